The molecule has 0 aromatic heterocycles. The first kappa shape index (κ1) is 14.2. The number of carbonyl (C=O) groups excluding carboxylic acids is 1. The van der Waals surface area contributed by atoms with Crippen molar-refractivity contribution in [3.05, 3.63) is 0 Å². The second kappa shape index (κ2) is 4.64. The lowest BCUT2D eigenvalue weighted by atomic mass is 9.81. The van der Waals surface area contributed by atoms with Crippen molar-refractivity contribution in [3.63, 3.8) is 0 Å². The maximum absolute atomic E-state index is 14.2. The minimum absolute atomic E-state index is 0.224. The van der Waals surface area contributed by atoms with Crippen LogP contribution in [0.15, 0.2) is 0 Å². The SMILES string of the molecule is CS(=O)(=O)N1CCO[C@H]2CN(C(=O)C3(F)CCC3)C[C@H]21. The van der Waals surface area contributed by atoms with Crippen molar-refractivity contribution < 1.29 is 22.3 Å². The van der Waals surface area contributed by atoms with E-state index < -0.39 is 21.6 Å². The molecule has 2 atom stereocenters. The average Bonchev–Trinajstić information content (AvgIpc) is 2.76. The second-order valence-corrected chi connectivity index (χ2v) is 7.81. The van der Waals surface area contributed by atoms with Gasteiger partial charge >= 0.3 is 0 Å². The van der Waals surface area contributed by atoms with Crippen LogP contribution in [0.25, 0.3) is 0 Å². The van der Waals surface area contributed by atoms with Crippen LogP contribution in [-0.4, -0.2) is 73.8 Å². The fourth-order valence-corrected chi connectivity index (χ4v) is 4.32. The number of rotatable bonds is 2. The maximum atomic E-state index is 14.2. The molecule has 1 aliphatic carbocycles. The highest BCUT2D eigenvalue weighted by atomic mass is 32.2. The lowest BCUT2D eigenvalue weighted by Crippen LogP contribution is -2.53. The van der Waals surface area contributed by atoms with Crippen LogP contribution in [0.3, 0.4) is 0 Å². The van der Waals surface area contributed by atoms with Gasteiger partial charge in [-0.25, -0.2) is 12.8 Å². The summed E-state index contributed by atoms with van der Waals surface area (Å²) in [7, 11) is -3.33. The molecule has 0 aromatic carbocycles. The Morgan fingerprint density at radius 2 is 2.05 bits per heavy atom. The Labute approximate surface area is 117 Å². The molecule has 0 N–H and O–H groups in total. The minimum atomic E-state index is -3.33. The van der Waals surface area contributed by atoms with Crippen LogP contribution in [0, 0.1) is 0 Å². The number of carbonyl (C=O) groups is 1. The molecule has 6 nitrogen and oxygen atoms in total. The van der Waals surface area contributed by atoms with E-state index in [4.69, 9.17) is 4.74 Å². The quantitative estimate of drug-likeness (QED) is 0.705. The van der Waals surface area contributed by atoms with Gasteiger partial charge in [0.1, 0.15) is 0 Å². The van der Waals surface area contributed by atoms with Gasteiger partial charge in [-0.1, -0.05) is 0 Å². The van der Waals surface area contributed by atoms with Crippen molar-refractivity contribution in [1.29, 1.82) is 0 Å². The smallest absolute Gasteiger partial charge is 0.260 e. The summed E-state index contributed by atoms with van der Waals surface area (Å²) in [6, 6.07) is -0.383. The number of fused-ring (bicyclic) bond motifs is 1. The molecular weight excluding hydrogens is 287 g/mol. The highest BCUT2D eigenvalue weighted by Gasteiger charge is 2.52. The third kappa shape index (κ3) is 2.23. The molecule has 3 fully saturated rings. The van der Waals surface area contributed by atoms with Gasteiger partial charge in [-0.15, -0.1) is 0 Å². The first-order valence-corrected chi connectivity index (χ1v) is 8.73. The Morgan fingerprint density at radius 1 is 1.35 bits per heavy atom. The molecule has 0 spiro atoms. The van der Waals surface area contributed by atoms with Gasteiger partial charge in [0.2, 0.25) is 10.0 Å². The highest BCUT2D eigenvalue weighted by molar-refractivity contribution is 7.88. The van der Waals surface area contributed by atoms with Gasteiger partial charge in [0.25, 0.3) is 5.91 Å². The van der Waals surface area contributed by atoms with E-state index in [2.05, 4.69) is 0 Å². The summed E-state index contributed by atoms with van der Waals surface area (Å²) in [6.07, 6.45) is 2.09. The van der Waals surface area contributed by atoms with Crippen LogP contribution in [0.2, 0.25) is 0 Å². The van der Waals surface area contributed by atoms with Crippen molar-refractivity contribution in [2.45, 2.75) is 37.1 Å². The Bertz CT molecular complexity index is 520. The number of sulfonamides is 1. The summed E-state index contributed by atoms with van der Waals surface area (Å²) in [6.45, 7) is 1.11. The number of nitrogens with zero attached hydrogens (tertiary/aromatic N) is 2. The van der Waals surface area contributed by atoms with Crippen LogP contribution in [0.1, 0.15) is 19.3 Å². The van der Waals surface area contributed by atoms with Gasteiger partial charge in [0, 0.05) is 19.6 Å². The molecule has 0 bridgehead atoms. The monoisotopic (exact) mass is 306 g/mol. The summed E-state index contributed by atoms with van der Waals surface area (Å²) in [4.78, 5) is 13.6. The van der Waals surface area contributed by atoms with Gasteiger partial charge in [0.05, 0.1) is 25.0 Å². The van der Waals surface area contributed by atoms with Crippen LogP contribution in [0.5, 0.6) is 0 Å². The standard InChI is InChI=1S/C12H19FN2O4S/c1-20(17,18)15-5-6-19-10-8-14(7-9(10)15)11(16)12(13)3-2-4-12/h9-10H,2-8H2,1H3/t9-,10+/m1/s1. The Morgan fingerprint density at radius 3 is 2.60 bits per heavy atom. The van der Waals surface area contributed by atoms with E-state index in [1.807, 2.05) is 0 Å². The molecule has 8 heteroatoms. The van der Waals surface area contributed by atoms with E-state index >= 15 is 0 Å². The van der Waals surface area contributed by atoms with E-state index in [0.717, 1.165) is 12.7 Å². The Hall–Kier alpha value is -0.730. The topological polar surface area (TPSA) is 66.9 Å². The van der Waals surface area contributed by atoms with Crippen molar-refractivity contribution in [2.24, 2.45) is 0 Å². The van der Waals surface area contributed by atoms with Crippen LogP contribution >= 0.6 is 0 Å². The first-order valence-electron chi connectivity index (χ1n) is 6.88. The fraction of sp³-hybridized carbons (Fsp3) is 0.917. The van der Waals surface area contributed by atoms with Gasteiger partial charge in [-0.2, -0.15) is 4.31 Å². The van der Waals surface area contributed by atoms with Crippen molar-refractivity contribution in [3.8, 4) is 0 Å². The Balaban J connectivity index is 1.75. The summed E-state index contributed by atoms with van der Waals surface area (Å²) in [5.41, 5.74) is -1.73. The zero-order chi connectivity index (χ0) is 14.5. The van der Waals surface area contributed by atoms with Crippen molar-refractivity contribution >= 4 is 15.9 Å². The molecular formula is C12H19FN2O4S. The number of halogens is 1. The average molecular weight is 306 g/mol. The number of hydrogen-bond acceptors (Lipinski definition) is 4. The first-order chi connectivity index (χ1) is 9.31. The van der Waals surface area contributed by atoms with Crippen LogP contribution < -0.4 is 0 Å². The van der Waals surface area contributed by atoms with Gasteiger partial charge in [-0.3, -0.25) is 4.79 Å². The van der Waals surface area contributed by atoms with E-state index in [1.165, 1.54) is 9.21 Å². The zero-order valence-electron chi connectivity index (χ0n) is 11.4. The molecule has 0 unspecified atom stereocenters. The summed E-state index contributed by atoms with van der Waals surface area (Å²) in [5.74, 6) is -0.504. The minimum Gasteiger partial charge on any atom is -0.373 e. The molecule has 2 heterocycles. The normalized spacial score (nSPS) is 33.6. The van der Waals surface area contributed by atoms with Gasteiger partial charge < -0.3 is 9.64 Å². The van der Waals surface area contributed by atoms with E-state index in [-0.39, 0.29) is 38.1 Å². The van der Waals surface area contributed by atoms with Crippen molar-refractivity contribution in [1.82, 2.24) is 9.21 Å². The molecule has 1 saturated carbocycles. The summed E-state index contributed by atoms with van der Waals surface area (Å²) >= 11 is 0. The van der Waals surface area contributed by atoms with E-state index in [9.17, 15) is 17.6 Å². The number of likely N-dealkylation sites (tertiary alicyclic amines) is 1. The third-order valence-electron chi connectivity index (χ3n) is 4.49. The molecule has 1 amide bonds. The molecule has 114 valence electrons. The third-order valence-corrected chi connectivity index (χ3v) is 5.80. The molecule has 2 aliphatic heterocycles. The maximum Gasteiger partial charge on any atom is 0.260 e. The lowest BCUT2D eigenvalue weighted by Gasteiger charge is -2.35. The molecule has 0 radical (unpaired) electrons. The molecule has 3 rings (SSSR count). The summed E-state index contributed by atoms with van der Waals surface area (Å²) in [5, 5.41) is 0. The summed E-state index contributed by atoms with van der Waals surface area (Å²) < 4.78 is 44.6. The molecule has 3 aliphatic rings. The predicted molar refractivity (Wildman–Crippen MR) is 69.3 cm³/mol. The van der Waals surface area contributed by atoms with E-state index in [0.29, 0.717) is 13.2 Å². The number of ether oxygens (including phenoxy) is 1. The van der Waals surface area contributed by atoms with Crippen LogP contribution in [0.4, 0.5) is 4.39 Å². The highest BCUT2D eigenvalue weighted by Crippen LogP contribution is 2.39. The van der Waals surface area contributed by atoms with Gasteiger partial charge in [0.15, 0.2) is 5.67 Å². The largest absolute Gasteiger partial charge is 0.373 e. The predicted octanol–water partition coefficient (Wildman–Crippen LogP) is -0.250. The fourth-order valence-electron chi connectivity index (χ4n) is 3.22. The molecule has 0 aromatic rings. The molecule has 2 saturated heterocycles. The molecule has 20 heavy (non-hydrogen) atoms. The number of amides is 1. The zero-order valence-corrected chi connectivity index (χ0v) is 12.2. The number of morpholine rings is 1. The lowest BCUT2D eigenvalue weighted by molar-refractivity contribution is -0.149. The van der Waals surface area contributed by atoms with Crippen molar-refractivity contribution in [2.75, 3.05) is 32.5 Å². The van der Waals surface area contributed by atoms with E-state index in [1.54, 1.807) is 0 Å². The Kier molecular flexibility index (Phi) is 3.30. The second-order valence-electron chi connectivity index (χ2n) is 5.88. The van der Waals surface area contributed by atoms with Gasteiger partial charge in [-0.05, 0) is 19.3 Å². The number of hydrogen-bond donors (Lipinski definition) is 0. The van der Waals surface area contributed by atoms with Crippen LogP contribution in [-0.2, 0) is 19.6 Å². The number of alkyl halides is 1.